The number of hydrogen-bond donors (Lipinski definition) is 0. The van der Waals surface area contributed by atoms with Gasteiger partial charge >= 0.3 is 0 Å². The van der Waals surface area contributed by atoms with Crippen LogP contribution >= 0.6 is 0 Å². The van der Waals surface area contributed by atoms with Gasteiger partial charge in [-0.25, -0.2) is 9.98 Å². The van der Waals surface area contributed by atoms with E-state index in [1.807, 2.05) is 36.1 Å². The van der Waals surface area contributed by atoms with Crippen molar-refractivity contribution in [2.24, 2.45) is 4.99 Å². The van der Waals surface area contributed by atoms with Gasteiger partial charge in [-0.3, -0.25) is 19.0 Å². The smallest absolute Gasteiger partial charge is 0.259 e. The molecular formula is C18H18N6O. The zero-order chi connectivity index (χ0) is 17.2. The molecular weight excluding hydrogens is 316 g/mol. The number of hydrogen-bond acceptors (Lipinski definition) is 5. The molecule has 3 aromatic heterocycles. The van der Waals surface area contributed by atoms with Gasteiger partial charge in [0.15, 0.2) is 5.82 Å². The van der Waals surface area contributed by atoms with Crippen molar-refractivity contribution in [1.29, 1.82) is 0 Å². The van der Waals surface area contributed by atoms with Crippen LogP contribution in [0.15, 0.2) is 53.0 Å². The van der Waals surface area contributed by atoms with E-state index in [4.69, 9.17) is 0 Å². The third-order valence-corrected chi connectivity index (χ3v) is 4.19. The van der Waals surface area contributed by atoms with Gasteiger partial charge < -0.3 is 0 Å². The lowest BCUT2D eigenvalue weighted by atomic mass is 10.1. The Morgan fingerprint density at radius 1 is 1.28 bits per heavy atom. The summed E-state index contributed by atoms with van der Waals surface area (Å²) in [5, 5.41) is 4.39. The first kappa shape index (κ1) is 15.4. The van der Waals surface area contributed by atoms with Crippen LogP contribution in [-0.4, -0.2) is 30.0 Å². The Balaban J connectivity index is 1.56. The Kier molecular flexibility index (Phi) is 3.97. The van der Waals surface area contributed by atoms with Crippen molar-refractivity contribution < 1.29 is 0 Å². The van der Waals surface area contributed by atoms with Crippen molar-refractivity contribution in [3.8, 4) is 0 Å². The summed E-state index contributed by atoms with van der Waals surface area (Å²) >= 11 is 0. The number of nitrogens with zero attached hydrogens (tertiary/aromatic N) is 6. The van der Waals surface area contributed by atoms with Gasteiger partial charge in [-0.1, -0.05) is 13.0 Å². The van der Waals surface area contributed by atoms with Gasteiger partial charge in [-0.05, 0) is 18.1 Å². The Morgan fingerprint density at radius 2 is 2.20 bits per heavy atom. The second-order valence-electron chi connectivity index (χ2n) is 6.07. The first-order valence-electron chi connectivity index (χ1n) is 8.32. The number of pyridine rings is 1. The molecule has 4 rings (SSSR count). The zero-order valence-corrected chi connectivity index (χ0v) is 14.0. The molecule has 126 valence electrons. The van der Waals surface area contributed by atoms with Crippen LogP contribution in [0.1, 0.15) is 30.0 Å². The summed E-state index contributed by atoms with van der Waals surface area (Å²) in [7, 11) is 0. The fraction of sp³-hybridized carbons (Fsp3) is 0.278. The van der Waals surface area contributed by atoms with Crippen LogP contribution in [0, 0.1) is 0 Å². The molecule has 0 fully saturated rings. The van der Waals surface area contributed by atoms with Crippen LogP contribution < -0.4 is 5.56 Å². The molecule has 0 spiro atoms. The van der Waals surface area contributed by atoms with Crippen molar-refractivity contribution >= 4 is 11.5 Å². The molecule has 3 aromatic rings. The van der Waals surface area contributed by atoms with Crippen LogP contribution in [0.5, 0.6) is 0 Å². The number of aliphatic imine (C=N–C) groups is 1. The molecule has 4 heterocycles. The van der Waals surface area contributed by atoms with E-state index in [-0.39, 0.29) is 5.56 Å². The van der Waals surface area contributed by atoms with Gasteiger partial charge in [0.1, 0.15) is 0 Å². The van der Waals surface area contributed by atoms with Crippen molar-refractivity contribution in [3.05, 3.63) is 70.3 Å². The molecule has 7 nitrogen and oxygen atoms in total. The van der Waals surface area contributed by atoms with Crippen LogP contribution in [0.25, 0.3) is 0 Å². The van der Waals surface area contributed by atoms with E-state index in [1.165, 1.54) is 0 Å². The van der Waals surface area contributed by atoms with Gasteiger partial charge in [0.2, 0.25) is 0 Å². The number of rotatable bonds is 5. The lowest BCUT2D eigenvalue weighted by Crippen LogP contribution is -2.23. The molecule has 0 amide bonds. The highest BCUT2D eigenvalue weighted by Crippen LogP contribution is 2.23. The zero-order valence-electron chi connectivity index (χ0n) is 14.0. The quantitative estimate of drug-likeness (QED) is 0.715. The summed E-state index contributed by atoms with van der Waals surface area (Å²) in [6.07, 6.45) is 10.3. The van der Waals surface area contributed by atoms with Gasteiger partial charge in [-0.2, -0.15) is 5.10 Å². The molecule has 0 radical (unpaired) electrons. The molecule has 0 bridgehead atoms. The summed E-state index contributed by atoms with van der Waals surface area (Å²) in [4.78, 5) is 25.5. The molecule has 7 heteroatoms. The van der Waals surface area contributed by atoms with Gasteiger partial charge in [-0.15, -0.1) is 0 Å². The molecule has 0 saturated heterocycles. The first-order chi connectivity index (χ1) is 12.2. The second kappa shape index (κ2) is 6.43. The van der Waals surface area contributed by atoms with E-state index >= 15 is 0 Å². The maximum Gasteiger partial charge on any atom is 0.259 e. The monoisotopic (exact) mass is 334 g/mol. The van der Waals surface area contributed by atoms with Crippen LogP contribution in [-0.2, 0) is 19.5 Å². The fourth-order valence-corrected chi connectivity index (χ4v) is 2.95. The Labute approximate surface area is 144 Å². The standard InChI is InChI=1S/C18H18N6O/c1-2-6-23-12-20-17-15(18(23)25)7-16(22-17)14-9-21-24(11-14)10-13-4-3-5-19-8-13/h3-5,8-9,11-12H,2,6-7,10H2,1H3. The predicted molar refractivity (Wildman–Crippen MR) is 94.3 cm³/mol. The molecule has 0 saturated carbocycles. The van der Waals surface area contributed by atoms with E-state index in [9.17, 15) is 4.79 Å². The summed E-state index contributed by atoms with van der Waals surface area (Å²) < 4.78 is 3.50. The van der Waals surface area contributed by atoms with Crippen molar-refractivity contribution in [1.82, 2.24) is 24.3 Å². The van der Waals surface area contributed by atoms with Crippen LogP contribution in [0.3, 0.4) is 0 Å². The Hall–Kier alpha value is -3.09. The lowest BCUT2D eigenvalue weighted by Gasteiger charge is -2.04. The average molecular weight is 334 g/mol. The maximum absolute atomic E-state index is 12.5. The molecule has 0 unspecified atom stereocenters. The Bertz CT molecular complexity index is 986. The minimum Gasteiger partial charge on any atom is -0.299 e. The van der Waals surface area contributed by atoms with Crippen LogP contribution in [0.2, 0.25) is 0 Å². The largest absolute Gasteiger partial charge is 0.299 e. The molecule has 1 aliphatic heterocycles. The third-order valence-electron chi connectivity index (χ3n) is 4.19. The number of aromatic nitrogens is 5. The summed E-state index contributed by atoms with van der Waals surface area (Å²) in [6.45, 7) is 3.37. The van der Waals surface area contributed by atoms with E-state index in [1.54, 1.807) is 23.3 Å². The summed E-state index contributed by atoms with van der Waals surface area (Å²) in [5.74, 6) is 0.535. The third kappa shape index (κ3) is 3.00. The molecule has 0 N–H and O–H groups in total. The van der Waals surface area contributed by atoms with E-state index in [2.05, 4.69) is 20.1 Å². The van der Waals surface area contributed by atoms with Crippen molar-refractivity contribution in [2.75, 3.05) is 0 Å². The maximum atomic E-state index is 12.5. The van der Waals surface area contributed by atoms with Gasteiger partial charge in [0.05, 0.1) is 30.3 Å². The van der Waals surface area contributed by atoms with Crippen LogP contribution in [0.4, 0.5) is 5.82 Å². The number of aryl methyl sites for hydroxylation is 1. The first-order valence-corrected chi connectivity index (χ1v) is 8.32. The van der Waals surface area contributed by atoms with E-state index in [0.29, 0.717) is 30.9 Å². The van der Waals surface area contributed by atoms with E-state index < -0.39 is 0 Å². The SMILES string of the molecule is CCCn1cnc2c(c1=O)CC(c1cnn(Cc3cccnc3)c1)=N2. The molecule has 1 aliphatic rings. The molecule has 0 aromatic carbocycles. The Morgan fingerprint density at radius 3 is 3.00 bits per heavy atom. The molecule has 25 heavy (non-hydrogen) atoms. The lowest BCUT2D eigenvalue weighted by molar-refractivity contribution is 0.637. The summed E-state index contributed by atoms with van der Waals surface area (Å²) in [5.41, 5.74) is 3.52. The fourth-order valence-electron chi connectivity index (χ4n) is 2.95. The predicted octanol–water partition coefficient (Wildman–Crippen LogP) is 1.97. The van der Waals surface area contributed by atoms with Crippen molar-refractivity contribution in [2.45, 2.75) is 32.9 Å². The minimum atomic E-state index is 0.00773. The topological polar surface area (TPSA) is 78.0 Å². The van der Waals surface area contributed by atoms with Crippen molar-refractivity contribution in [3.63, 3.8) is 0 Å². The average Bonchev–Trinajstić information content (AvgIpc) is 3.25. The van der Waals surface area contributed by atoms with Gasteiger partial charge in [0, 0.05) is 37.1 Å². The normalized spacial score (nSPS) is 12.9. The molecule has 0 aliphatic carbocycles. The number of fused-ring (bicyclic) bond motifs is 1. The second-order valence-corrected chi connectivity index (χ2v) is 6.07. The highest BCUT2D eigenvalue weighted by Gasteiger charge is 2.22. The highest BCUT2D eigenvalue weighted by molar-refractivity contribution is 6.05. The van der Waals surface area contributed by atoms with Gasteiger partial charge in [0.25, 0.3) is 5.56 Å². The van der Waals surface area contributed by atoms with E-state index in [0.717, 1.165) is 23.3 Å². The molecule has 0 atom stereocenters. The highest BCUT2D eigenvalue weighted by atomic mass is 16.1. The minimum absolute atomic E-state index is 0.00773. The summed E-state index contributed by atoms with van der Waals surface area (Å²) in [6, 6.07) is 3.92.